The SMILES string of the molecule is CC(C)(C)[C@H](NCc1cccc(N)c1)C(N)=O. The zero-order chi connectivity index (χ0) is 13.1. The maximum absolute atomic E-state index is 11.4. The van der Waals surface area contributed by atoms with Gasteiger partial charge in [-0.25, -0.2) is 0 Å². The molecule has 0 aliphatic rings. The first-order chi connectivity index (χ1) is 7.80. The van der Waals surface area contributed by atoms with Gasteiger partial charge in [0.1, 0.15) is 0 Å². The third kappa shape index (κ3) is 4.07. The number of nitrogen functional groups attached to an aromatic ring is 1. The van der Waals surface area contributed by atoms with E-state index in [-0.39, 0.29) is 17.4 Å². The van der Waals surface area contributed by atoms with E-state index < -0.39 is 0 Å². The highest BCUT2D eigenvalue weighted by molar-refractivity contribution is 5.80. The van der Waals surface area contributed by atoms with Crippen LogP contribution < -0.4 is 16.8 Å². The van der Waals surface area contributed by atoms with Gasteiger partial charge in [-0.1, -0.05) is 32.9 Å². The number of carbonyl (C=O) groups is 1. The van der Waals surface area contributed by atoms with E-state index in [9.17, 15) is 4.79 Å². The fourth-order valence-electron chi connectivity index (χ4n) is 1.76. The number of anilines is 1. The van der Waals surface area contributed by atoms with Crippen molar-refractivity contribution in [3.8, 4) is 0 Å². The Balaban J connectivity index is 2.68. The van der Waals surface area contributed by atoms with Gasteiger partial charge in [0.05, 0.1) is 6.04 Å². The number of rotatable bonds is 4. The smallest absolute Gasteiger partial charge is 0.235 e. The van der Waals surface area contributed by atoms with Crippen LogP contribution in [0.5, 0.6) is 0 Å². The number of carbonyl (C=O) groups excluding carboxylic acids is 1. The molecule has 0 aliphatic carbocycles. The molecule has 1 amide bonds. The standard InChI is InChI=1S/C13H21N3O/c1-13(2,3)11(12(15)17)16-8-9-5-4-6-10(14)7-9/h4-7,11,16H,8,14H2,1-3H3,(H2,15,17)/t11-/m1/s1. The average Bonchev–Trinajstić information content (AvgIpc) is 2.15. The average molecular weight is 235 g/mol. The van der Waals surface area contributed by atoms with Crippen LogP contribution in [-0.2, 0) is 11.3 Å². The lowest BCUT2D eigenvalue weighted by molar-refractivity contribution is -0.122. The molecule has 0 aromatic heterocycles. The minimum absolute atomic E-state index is 0.202. The molecule has 5 N–H and O–H groups in total. The summed E-state index contributed by atoms with van der Waals surface area (Å²) in [6, 6.07) is 7.21. The van der Waals surface area contributed by atoms with Gasteiger partial charge < -0.3 is 16.8 Å². The van der Waals surface area contributed by atoms with Crippen molar-refractivity contribution < 1.29 is 4.79 Å². The second-order valence-corrected chi connectivity index (χ2v) is 5.33. The van der Waals surface area contributed by atoms with E-state index in [1.807, 2.05) is 45.0 Å². The molecule has 0 aliphatic heterocycles. The van der Waals surface area contributed by atoms with Gasteiger partial charge in [-0.2, -0.15) is 0 Å². The zero-order valence-electron chi connectivity index (χ0n) is 10.7. The first kappa shape index (κ1) is 13.5. The van der Waals surface area contributed by atoms with E-state index in [4.69, 9.17) is 11.5 Å². The normalized spacial score (nSPS) is 13.4. The van der Waals surface area contributed by atoms with E-state index in [0.29, 0.717) is 6.54 Å². The lowest BCUT2D eigenvalue weighted by Gasteiger charge is -2.28. The van der Waals surface area contributed by atoms with Crippen molar-refractivity contribution >= 4 is 11.6 Å². The lowest BCUT2D eigenvalue weighted by Crippen LogP contribution is -2.49. The molecule has 0 spiro atoms. The van der Waals surface area contributed by atoms with E-state index in [0.717, 1.165) is 11.3 Å². The first-order valence-corrected chi connectivity index (χ1v) is 5.68. The molecule has 1 aromatic carbocycles. The number of nitrogens with two attached hydrogens (primary N) is 2. The Morgan fingerprint density at radius 1 is 1.41 bits per heavy atom. The van der Waals surface area contributed by atoms with Crippen LogP contribution in [0.25, 0.3) is 0 Å². The summed E-state index contributed by atoms with van der Waals surface area (Å²) in [5, 5.41) is 3.17. The summed E-state index contributed by atoms with van der Waals surface area (Å²) in [6.45, 7) is 6.52. The summed E-state index contributed by atoms with van der Waals surface area (Å²) in [4.78, 5) is 11.4. The van der Waals surface area contributed by atoms with Crippen molar-refractivity contribution in [2.24, 2.45) is 11.1 Å². The second-order valence-electron chi connectivity index (χ2n) is 5.33. The second kappa shape index (κ2) is 5.19. The Morgan fingerprint density at radius 2 is 2.06 bits per heavy atom. The predicted octanol–water partition coefficient (Wildman–Crippen LogP) is 1.26. The van der Waals surface area contributed by atoms with E-state index in [1.54, 1.807) is 0 Å². The van der Waals surface area contributed by atoms with Crippen molar-refractivity contribution in [1.29, 1.82) is 0 Å². The predicted molar refractivity (Wildman–Crippen MR) is 70.1 cm³/mol. The van der Waals surface area contributed by atoms with Crippen LogP contribution in [0.1, 0.15) is 26.3 Å². The number of hydrogen-bond donors (Lipinski definition) is 3. The highest BCUT2D eigenvalue weighted by Gasteiger charge is 2.28. The molecule has 4 nitrogen and oxygen atoms in total. The molecule has 0 heterocycles. The largest absolute Gasteiger partial charge is 0.399 e. The van der Waals surface area contributed by atoms with Crippen molar-refractivity contribution in [3.63, 3.8) is 0 Å². The third-order valence-electron chi connectivity index (χ3n) is 2.61. The minimum atomic E-state index is -0.357. The molecule has 1 rings (SSSR count). The van der Waals surface area contributed by atoms with Crippen molar-refractivity contribution in [3.05, 3.63) is 29.8 Å². The molecule has 94 valence electrons. The summed E-state index contributed by atoms with van der Waals surface area (Å²) in [6.07, 6.45) is 0. The molecular weight excluding hydrogens is 214 g/mol. The molecule has 17 heavy (non-hydrogen) atoms. The van der Waals surface area contributed by atoms with E-state index >= 15 is 0 Å². The Hall–Kier alpha value is -1.55. The maximum Gasteiger partial charge on any atom is 0.235 e. The van der Waals surface area contributed by atoms with Gasteiger partial charge in [0.25, 0.3) is 0 Å². The van der Waals surface area contributed by atoms with Gasteiger partial charge in [0.2, 0.25) is 5.91 Å². The molecule has 0 bridgehead atoms. The maximum atomic E-state index is 11.4. The number of primary amides is 1. The van der Waals surface area contributed by atoms with Crippen molar-refractivity contribution in [1.82, 2.24) is 5.32 Å². The molecule has 4 heteroatoms. The third-order valence-corrected chi connectivity index (χ3v) is 2.61. The lowest BCUT2D eigenvalue weighted by atomic mass is 9.86. The van der Waals surface area contributed by atoms with Crippen LogP contribution in [0, 0.1) is 5.41 Å². The van der Waals surface area contributed by atoms with E-state index in [1.165, 1.54) is 0 Å². The monoisotopic (exact) mass is 235 g/mol. The number of benzene rings is 1. The van der Waals surface area contributed by atoms with Crippen LogP contribution in [0.2, 0.25) is 0 Å². The summed E-state index contributed by atoms with van der Waals surface area (Å²) >= 11 is 0. The molecule has 0 saturated heterocycles. The number of nitrogens with one attached hydrogen (secondary N) is 1. The fraction of sp³-hybridized carbons (Fsp3) is 0.462. The van der Waals surface area contributed by atoms with E-state index in [2.05, 4.69) is 5.32 Å². The molecule has 0 saturated carbocycles. The van der Waals surface area contributed by atoms with Crippen LogP contribution in [-0.4, -0.2) is 11.9 Å². The van der Waals surface area contributed by atoms with Crippen LogP contribution in [0.4, 0.5) is 5.69 Å². The molecule has 1 atom stereocenters. The van der Waals surface area contributed by atoms with Crippen LogP contribution in [0.15, 0.2) is 24.3 Å². The Kier molecular flexibility index (Phi) is 4.12. The number of amides is 1. The molecular formula is C13H21N3O. The van der Waals surface area contributed by atoms with Gasteiger partial charge in [0, 0.05) is 12.2 Å². The van der Waals surface area contributed by atoms with Crippen molar-refractivity contribution in [2.45, 2.75) is 33.4 Å². The van der Waals surface area contributed by atoms with Gasteiger partial charge in [-0.3, -0.25) is 4.79 Å². The Bertz CT molecular complexity index is 396. The Morgan fingerprint density at radius 3 is 2.53 bits per heavy atom. The zero-order valence-corrected chi connectivity index (χ0v) is 10.7. The van der Waals surface area contributed by atoms with Crippen LogP contribution >= 0.6 is 0 Å². The molecule has 0 unspecified atom stereocenters. The highest BCUT2D eigenvalue weighted by Crippen LogP contribution is 2.19. The minimum Gasteiger partial charge on any atom is -0.399 e. The summed E-state index contributed by atoms with van der Waals surface area (Å²) < 4.78 is 0. The summed E-state index contributed by atoms with van der Waals surface area (Å²) in [5.41, 5.74) is 12.6. The molecule has 0 fully saturated rings. The number of hydrogen-bond acceptors (Lipinski definition) is 3. The van der Waals surface area contributed by atoms with Gasteiger partial charge in [0.15, 0.2) is 0 Å². The fourth-order valence-corrected chi connectivity index (χ4v) is 1.76. The quantitative estimate of drug-likeness (QED) is 0.687. The van der Waals surface area contributed by atoms with Gasteiger partial charge >= 0.3 is 0 Å². The van der Waals surface area contributed by atoms with Crippen molar-refractivity contribution in [2.75, 3.05) is 5.73 Å². The highest BCUT2D eigenvalue weighted by atomic mass is 16.1. The Labute approximate surface area is 102 Å². The van der Waals surface area contributed by atoms with Gasteiger partial charge in [-0.05, 0) is 23.1 Å². The van der Waals surface area contributed by atoms with Crippen LogP contribution in [0.3, 0.4) is 0 Å². The summed E-state index contributed by atoms with van der Waals surface area (Å²) in [7, 11) is 0. The first-order valence-electron chi connectivity index (χ1n) is 5.68. The topological polar surface area (TPSA) is 81.1 Å². The molecule has 0 radical (unpaired) electrons. The summed E-state index contributed by atoms with van der Waals surface area (Å²) in [5.74, 6) is -0.332. The van der Waals surface area contributed by atoms with Gasteiger partial charge in [-0.15, -0.1) is 0 Å². The molecule has 1 aromatic rings.